The Morgan fingerprint density at radius 1 is 1.17 bits per heavy atom. The Hall–Kier alpha value is -1.76. The smallest absolute Gasteiger partial charge is 0.269 e. The van der Waals surface area contributed by atoms with Crippen molar-refractivity contribution in [3.05, 3.63) is 34.4 Å². The Morgan fingerprint density at radius 2 is 1.74 bits per heavy atom. The van der Waals surface area contributed by atoms with Gasteiger partial charge in [-0.2, -0.15) is 0 Å². The van der Waals surface area contributed by atoms with Crippen molar-refractivity contribution in [1.82, 2.24) is 4.90 Å². The quantitative estimate of drug-likeness (QED) is 0.624. The minimum atomic E-state index is -0.396. The molecular formula is C16H23N3O3S. The summed E-state index contributed by atoms with van der Waals surface area (Å²) in [7, 11) is 0. The van der Waals surface area contributed by atoms with Crippen LogP contribution in [0.4, 0.5) is 11.4 Å². The lowest BCUT2D eigenvalue weighted by molar-refractivity contribution is -0.384. The molecule has 1 amide bonds. The fraction of sp³-hybridized carbons (Fsp3) is 0.562. The monoisotopic (exact) mass is 337 g/mol. The predicted octanol–water partition coefficient (Wildman–Crippen LogP) is 2.78. The molecular weight excluding hydrogens is 314 g/mol. The number of benzene rings is 1. The maximum Gasteiger partial charge on any atom is 0.269 e. The Kier molecular flexibility index (Phi) is 5.51. The number of hydrogen-bond donors (Lipinski definition) is 0. The summed E-state index contributed by atoms with van der Waals surface area (Å²) in [5.41, 5.74) is 1.06. The molecule has 0 atom stereocenters. The van der Waals surface area contributed by atoms with Gasteiger partial charge in [0.2, 0.25) is 5.91 Å². The highest BCUT2D eigenvalue weighted by Gasteiger charge is 2.23. The summed E-state index contributed by atoms with van der Waals surface area (Å²) in [6, 6.07) is 6.58. The first-order valence-electron chi connectivity index (χ1n) is 7.67. The molecule has 1 aliphatic rings. The summed E-state index contributed by atoms with van der Waals surface area (Å²) in [5.74, 6) is 0.703. The van der Waals surface area contributed by atoms with E-state index >= 15 is 0 Å². The maximum absolute atomic E-state index is 12.2. The summed E-state index contributed by atoms with van der Waals surface area (Å²) in [6.45, 7) is 9.22. The zero-order valence-corrected chi connectivity index (χ0v) is 14.6. The first-order valence-corrected chi connectivity index (χ1v) is 8.66. The number of rotatable bonds is 4. The number of thioether (sulfide) groups is 1. The van der Waals surface area contributed by atoms with Crippen molar-refractivity contribution in [3.63, 3.8) is 0 Å². The van der Waals surface area contributed by atoms with Gasteiger partial charge in [0.15, 0.2) is 0 Å². The number of carbonyl (C=O) groups is 1. The second-order valence-electron chi connectivity index (χ2n) is 6.54. The van der Waals surface area contributed by atoms with Crippen LogP contribution < -0.4 is 4.90 Å². The molecule has 1 aromatic rings. The number of nitrogens with zero attached hydrogens (tertiary/aromatic N) is 3. The van der Waals surface area contributed by atoms with Crippen LogP contribution in [0.2, 0.25) is 0 Å². The number of carbonyl (C=O) groups excluding carboxylic acids is 1. The number of piperazine rings is 1. The molecule has 0 bridgehead atoms. The Labute approximate surface area is 141 Å². The van der Waals surface area contributed by atoms with Gasteiger partial charge in [-0.25, -0.2) is 0 Å². The molecule has 0 aliphatic carbocycles. The molecule has 1 aliphatic heterocycles. The molecule has 0 aromatic heterocycles. The number of nitro benzene ring substituents is 1. The Balaban J connectivity index is 1.86. The van der Waals surface area contributed by atoms with Crippen molar-refractivity contribution in [2.24, 2.45) is 0 Å². The van der Waals surface area contributed by atoms with Crippen LogP contribution >= 0.6 is 11.8 Å². The summed E-state index contributed by atoms with van der Waals surface area (Å²) in [5, 5.41) is 10.7. The van der Waals surface area contributed by atoms with E-state index < -0.39 is 4.92 Å². The first kappa shape index (κ1) is 17.6. The van der Waals surface area contributed by atoms with Gasteiger partial charge < -0.3 is 9.80 Å². The lowest BCUT2D eigenvalue weighted by Crippen LogP contribution is -2.49. The maximum atomic E-state index is 12.2. The van der Waals surface area contributed by atoms with Crippen LogP contribution in [0.5, 0.6) is 0 Å². The van der Waals surface area contributed by atoms with Crippen molar-refractivity contribution >= 4 is 29.0 Å². The van der Waals surface area contributed by atoms with E-state index in [1.54, 1.807) is 23.9 Å². The van der Waals surface area contributed by atoms with Crippen LogP contribution in [0.3, 0.4) is 0 Å². The summed E-state index contributed by atoms with van der Waals surface area (Å²) in [4.78, 5) is 26.6. The Morgan fingerprint density at radius 3 is 2.22 bits per heavy atom. The Bertz CT molecular complexity index is 561. The van der Waals surface area contributed by atoms with Gasteiger partial charge in [0.05, 0.1) is 10.7 Å². The summed E-state index contributed by atoms with van der Waals surface area (Å²) >= 11 is 1.67. The number of non-ortho nitro benzene ring substituents is 1. The third-order valence-corrected chi connectivity index (χ3v) is 4.94. The van der Waals surface area contributed by atoms with E-state index in [0.29, 0.717) is 18.8 Å². The van der Waals surface area contributed by atoms with Crippen LogP contribution in [0.1, 0.15) is 20.8 Å². The predicted molar refractivity (Wildman–Crippen MR) is 94.1 cm³/mol. The molecule has 0 radical (unpaired) electrons. The van der Waals surface area contributed by atoms with Crippen molar-refractivity contribution < 1.29 is 9.72 Å². The van der Waals surface area contributed by atoms with Gasteiger partial charge in [0.1, 0.15) is 0 Å². The number of hydrogen-bond acceptors (Lipinski definition) is 5. The van der Waals surface area contributed by atoms with Crippen molar-refractivity contribution in [2.75, 3.05) is 36.8 Å². The van der Waals surface area contributed by atoms with Crippen LogP contribution in [-0.2, 0) is 4.79 Å². The minimum absolute atomic E-state index is 0.0935. The van der Waals surface area contributed by atoms with Gasteiger partial charge in [-0.15, -0.1) is 11.8 Å². The van der Waals surface area contributed by atoms with E-state index in [2.05, 4.69) is 25.7 Å². The van der Waals surface area contributed by atoms with Crippen LogP contribution in [0, 0.1) is 10.1 Å². The highest BCUT2D eigenvalue weighted by Crippen LogP contribution is 2.24. The van der Waals surface area contributed by atoms with Crippen LogP contribution in [0.25, 0.3) is 0 Å². The van der Waals surface area contributed by atoms with Crippen molar-refractivity contribution in [1.29, 1.82) is 0 Å². The van der Waals surface area contributed by atoms with Gasteiger partial charge in [0, 0.05) is 48.7 Å². The van der Waals surface area contributed by atoms with Gasteiger partial charge in [-0.3, -0.25) is 14.9 Å². The third-order valence-electron chi connectivity index (χ3n) is 3.69. The number of nitro groups is 1. The van der Waals surface area contributed by atoms with E-state index in [1.165, 1.54) is 12.1 Å². The normalized spacial score (nSPS) is 15.6. The molecule has 1 saturated heterocycles. The molecule has 23 heavy (non-hydrogen) atoms. The summed E-state index contributed by atoms with van der Waals surface area (Å²) in [6.07, 6.45) is 0. The van der Waals surface area contributed by atoms with Crippen LogP contribution in [-0.4, -0.2) is 52.4 Å². The molecule has 6 nitrogen and oxygen atoms in total. The molecule has 0 unspecified atom stereocenters. The van der Waals surface area contributed by atoms with E-state index in [1.807, 2.05) is 4.90 Å². The molecule has 1 heterocycles. The molecule has 0 saturated carbocycles. The second-order valence-corrected chi connectivity index (χ2v) is 8.34. The molecule has 126 valence electrons. The largest absolute Gasteiger partial charge is 0.368 e. The second kappa shape index (κ2) is 7.21. The zero-order chi connectivity index (χ0) is 17.0. The van der Waals surface area contributed by atoms with Gasteiger partial charge in [-0.05, 0) is 12.1 Å². The van der Waals surface area contributed by atoms with Gasteiger partial charge >= 0.3 is 0 Å². The topological polar surface area (TPSA) is 66.7 Å². The fourth-order valence-electron chi connectivity index (χ4n) is 2.37. The highest BCUT2D eigenvalue weighted by atomic mass is 32.2. The molecule has 0 spiro atoms. The molecule has 1 fully saturated rings. The van der Waals surface area contributed by atoms with Gasteiger partial charge in [0.25, 0.3) is 5.69 Å². The lowest BCUT2D eigenvalue weighted by atomic mass is 10.2. The summed E-state index contributed by atoms with van der Waals surface area (Å²) < 4.78 is 0.0935. The van der Waals surface area contributed by atoms with Crippen LogP contribution in [0.15, 0.2) is 24.3 Å². The molecule has 0 N–H and O–H groups in total. The number of amides is 1. The van der Waals surface area contributed by atoms with E-state index in [4.69, 9.17) is 0 Å². The lowest BCUT2D eigenvalue weighted by Gasteiger charge is -2.36. The van der Waals surface area contributed by atoms with E-state index in [9.17, 15) is 14.9 Å². The zero-order valence-electron chi connectivity index (χ0n) is 13.8. The average molecular weight is 337 g/mol. The van der Waals surface area contributed by atoms with E-state index in [-0.39, 0.29) is 16.3 Å². The first-order chi connectivity index (χ1) is 10.8. The molecule has 7 heteroatoms. The van der Waals surface area contributed by atoms with Gasteiger partial charge in [-0.1, -0.05) is 20.8 Å². The van der Waals surface area contributed by atoms with Crippen molar-refractivity contribution in [2.45, 2.75) is 25.5 Å². The van der Waals surface area contributed by atoms with E-state index in [0.717, 1.165) is 18.8 Å². The highest BCUT2D eigenvalue weighted by molar-refractivity contribution is 8.01. The molecule has 1 aromatic carbocycles. The third kappa shape index (κ3) is 5.13. The number of anilines is 1. The SMILES string of the molecule is CC(C)(C)SCC(=O)N1CCN(c2ccc([N+](=O)[O-])cc2)CC1. The molecule has 2 rings (SSSR count). The minimum Gasteiger partial charge on any atom is -0.368 e. The average Bonchev–Trinajstić information content (AvgIpc) is 2.52. The standard InChI is InChI=1S/C16H23N3O3S/c1-16(2,3)23-12-15(20)18-10-8-17(9-11-18)13-4-6-14(7-5-13)19(21)22/h4-7H,8-12H2,1-3H3. The fourth-order valence-corrected chi connectivity index (χ4v) is 3.11. The van der Waals surface area contributed by atoms with Crippen molar-refractivity contribution in [3.8, 4) is 0 Å².